The van der Waals surface area contributed by atoms with E-state index in [1.165, 1.54) is 35.6 Å². The third-order valence-corrected chi connectivity index (χ3v) is 5.39. The summed E-state index contributed by atoms with van der Waals surface area (Å²) in [7, 11) is -3.77. The Morgan fingerprint density at radius 3 is 2.17 bits per heavy atom. The summed E-state index contributed by atoms with van der Waals surface area (Å²) in [6.07, 6.45) is 0. The molecule has 0 radical (unpaired) electrons. The Morgan fingerprint density at radius 2 is 1.62 bits per heavy atom. The number of thiazole rings is 1. The fourth-order valence-electron chi connectivity index (χ4n) is 2.23. The number of aliphatic hydroxyl groups excluding tert-OH is 1. The van der Waals surface area contributed by atoms with Crippen LogP contribution in [0, 0.1) is 5.82 Å². The van der Waals surface area contributed by atoms with Crippen molar-refractivity contribution in [2.75, 3.05) is 0 Å². The van der Waals surface area contributed by atoms with E-state index in [1.54, 1.807) is 24.3 Å². The highest BCUT2D eigenvalue weighted by molar-refractivity contribution is 7.89. The van der Waals surface area contributed by atoms with Gasteiger partial charge in [-0.15, -0.1) is 11.3 Å². The van der Waals surface area contributed by atoms with Crippen LogP contribution in [0.2, 0.25) is 0 Å². The van der Waals surface area contributed by atoms with Crippen LogP contribution in [-0.2, 0) is 16.6 Å². The first-order chi connectivity index (χ1) is 11.4. The van der Waals surface area contributed by atoms with Gasteiger partial charge in [-0.25, -0.2) is 22.9 Å². The van der Waals surface area contributed by atoms with Crippen molar-refractivity contribution in [1.29, 1.82) is 0 Å². The van der Waals surface area contributed by atoms with Crippen LogP contribution in [0.15, 0.2) is 53.4 Å². The smallest absolute Gasteiger partial charge is 0.238 e. The van der Waals surface area contributed by atoms with Gasteiger partial charge in [-0.1, -0.05) is 24.3 Å². The molecule has 0 aliphatic rings. The SMILES string of the molecule is NS(=O)(=O)c1ccc(-c2nc(CO)sc2-c2ccc(F)cc2)cc1. The number of benzene rings is 2. The molecule has 1 heterocycles. The van der Waals surface area contributed by atoms with Crippen molar-refractivity contribution >= 4 is 21.4 Å². The van der Waals surface area contributed by atoms with Gasteiger partial charge in [-0.05, 0) is 29.8 Å². The van der Waals surface area contributed by atoms with Crippen LogP contribution in [0.1, 0.15) is 5.01 Å². The molecule has 0 fully saturated rings. The molecule has 0 aliphatic carbocycles. The highest BCUT2D eigenvalue weighted by atomic mass is 32.2. The van der Waals surface area contributed by atoms with Crippen LogP contribution in [-0.4, -0.2) is 18.5 Å². The summed E-state index contributed by atoms with van der Waals surface area (Å²) >= 11 is 1.30. The standard InChI is InChI=1S/C16H13FN2O3S2/c17-12-5-1-11(2-6-12)16-15(19-14(9-20)23-16)10-3-7-13(8-4-10)24(18,21)22/h1-8,20H,9H2,(H2,18,21,22). The van der Waals surface area contributed by atoms with Gasteiger partial charge < -0.3 is 5.11 Å². The molecule has 0 spiro atoms. The van der Waals surface area contributed by atoms with Crippen LogP contribution in [0.25, 0.3) is 21.7 Å². The fraction of sp³-hybridized carbons (Fsp3) is 0.0625. The molecular formula is C16H13FN2O3S2. The van der Waals surface area contributed by atoms with Gasteiger partial charge in [0.2, 0.25) is 10.0 Å². The van der Waals surface area contributed by atoms with Gasteiger partial charge in [0.05, 0.1) is 22.1 Å². The Balaban J connectivity index is 2.10. The first kappa shape index (κ1) is 16.7. The maximum atomic E-state index is 13.1. The average molecular weight is 364 g/mol. The third kappa shape index (κ3) is 3.36. The summed E-state index contributed by atoms with van der Waals surface area (Å²) in [6, 6.07) is 12.0. The van der Waals surface area contributed by atoms with E-state index in [4.69, 9.17) is 5.14 Å². The van der Waals surface area contributed by atoms with E-state index >= 15 is 0 Å². The van der Waals surface area contributed by atoms with E-state index in [0.717, 1.165) is 10.4 Å². The number of nitrogens with two attached hydrogens (primary N) is 1. The zero-order valence-electron chi connectivity index (χ0n) is 12.3. The maximum Gasteiger partial charge on any atom is 0.238 e. The predicted molar refractivity (Wildman–Crippen MR) is 90.2 cm³/mol. The number of halogens is 1. The van der Waals surface area contributed by atoms with E-state index in [0.29, 0.717) is 16.3 Å². The minimum absolute atomic E-state index is 0.00666. The summed E-state index contributed by atoms with van der Waals surface area (Å²) < 4.78 is 35.8. The van der Waals surface area contributed by atoms with Gasteiger partial charge in [0.1, 0.15) is 10.8 Å². The van der Waals surface area contributed by atoms with Crippen LogP contribution < -0.4 is 5.14 Å². The monoisotopic (exact) mass is 364 g/mol. The van der Waals surface area contributed by atoms with Crippen molar-refractivity contribution in [3.8, 4) is 21.7 Å². The van der Waals surface area contributed by atoms with Crippen molar-refractivity contribution in [2.45, 2.75) is 11.5 Å². The molecule has 2 aromatic carbocycles. The van der Waals surface area contributed by atoms with E-state index in [-0.39, 0.29) is 17.3 Å². The molecule has 0 bridgehead atoms. The van der Waals surface area contributed by atoms with Gasteiger partial charge in [0.25, 0.3) is 0 Å². The highest BCUT2D eigenvalue weighted by Crippen LogP contribution is 2.37. The average Bonchev–Trinajstić information content (AvgIpc) is 2.99. The number of sulfonamides is 1. The molecule has 0 unspecified atom stereocenters. The van der Waals surface area contributed by atoms with E-state index in [2.05, 4.69) is 4.98 Å². The molecule has 3 aromatic rings. The minimum Gasteiger partial charge on any atom is -0.389 e. The summed E-state index contributed by atoms with van der Waals surface area (Å²) in [5, 5.41) is 15.0. The summed E-state index contributed by atoms with van der Waals surface area (Å²) in [5.41, 5.74) is 2.04. The van der Waals surface area contributed by atoms with Crippen LogP contribution >= 0.6 is 11.3 Å². The number of aliphatic hydroxyl groups is 1. The molecule has 0 saturated carbocycles. The largest absolute Gasteiger partial charge is 0.389 e. The zero-order chi connectivity index (χ0) is 17.3. The van der Waals surface area contributed by atoms with Gasteiger partial charge in [-0.3, -0.25) is 0 Å². The number of primary sulfonamides is 1. The van der Waals surface area contributed by atoms with Gasteiger partial charge >= 0.3 is 0 Å². The van der Waals surface area contributed by atoms with Crippen molar-refractivity contribution < 1.29 is 17.9 Å². The molecule has 0 saturated heterocycles. The minimum atomic E-state index is -3.77. The van der Waals surface area contributed by atoms with Gasteiger partial charge in [0.15, 0.2) is 0 Å². The molecule has 0 amide bonds. The summed E-state index contributed by atoms with van der Waals surface area (Å²) in [6.45, 7) is -0.214. The topological polar surface area (TPSA) is 93.3 Å². The Labute approximate surface area is 142 Å². The molecule has 124 valence electrons. The van der Waals surface area contributed by atoms with E-state index in [9.17, 15) is 17.9 Å². The lowest BCUT2D eigenvalue weighted by molar-refractivity contribution is 0.281. The quantitative estimate of drug-likeness (QED) is 0.744. The Hall–Kier alpha value is -2.13. The van der Waals surface area contributed by atoms with Gasteiger partial charge in [0, 0.05) is 5.56 Å². The number of nitrogens with zero attached hydrogens (tertiary/aromatic N) is 1. The molecule has 8 heteroatoms. The lowest BCUT2D eigenvalue weighted by Crippen LogP contribution is -2.11. The first-order valence-electron chi connectivity index (χ1n) is 6.88. The van der Waals surface area contributed by atoms with Gasteiger partial charge in [-0.2, -0.15) is 0 Å². The molecule has 5 nitrogen and oxygen atoms in total. The number of hydrogen-bond acceptors (Lipinski definition) is 5. The molecule has 24 heavy (non-hydrogen) atoms. The molecule has 0 atom stereocenters. The van der Waals surface area contributed by atoms with Crippen LogP contribution in [0.5, 0.6) is 0 Å². The summed E-state index contributed by atoms with van der Waals surface area (Å²) in [4.78, 5) is 5.16. The predicted octanol–water partition coefficient (Wildman–Crippen LogP) is 2.76. The number of hydrogen-bond donors (Lipinski definition) is 2. The number of rotatable bonds is 4. The second-order valence-electron chi connectivity index (χ2n) is 5.02. The lowest BCUT2D eigenvalue weighted by atomic mass is 10.1. The van der Waals surface area contributed by atoms with E-state index in [1.807, 2.05) is 0 Å². The van der Waals surface area contributed by atoms with E-state index < -0.39 is 10.0 Å². The molecule has 0 aliphatic heterocycles. The second kappa shape index (κ2) is 6.40. The van der Waals surface area contributed by atoms with Crippen LogP contribution in [0.4, 0.5) is 4.39 Å². The first-order valence-corrected chi connectivity index (χ1v) is 9.24. The number of aromatic nitrogens is 1. The Bertz CT molecular complexity index is 966. The lowest BCUT2D eigenvalue weighted by Gasteiger charge is -2.04. The van der Waals surface area contributed by atoms with Crippen molar-refractivity contribution in [3.05, 3.63) is 59.4 Å². The van der Waals surface area contributed by atoms with Crippen molar-refractivity contribution in [2.24, 2.45) is 5.14 Å². The fourth-order valence-corrected chi connectivity index (χ4v) is 3.69. The molecule has 1 aromatic heterocycles. The Morgan fingerprint density at radius 1 is 1.04 bits per heavy atom. The zero-order valence-corrected chi connectivity index (χ0v) is 13.9. The summed E-state index contributed by atoms with van der Waals surface area (Å²) in [5.74, 6) is -0.343. The van der Waals surface area contributed by atoms with Crippen molar-refractivity contribution in [3.63, 3.8) is 0 Å². The third-order valence-electron chi connectivity index (χ3n) is 3.37. The van der Waals surface area contributed by atoms with Crippen LogP contribution in [0.3, 0.4) is 0 Å². The van der Waals surface area contributed by atoms with Crippen molar-refractivity contribution in [1.82, 2.24) is 4.98 Å². The highest BCUT2D eigenvalue weighted by Gasteiger charge is 2.16. The second-order valence-corrected chi connectivity index (χ2v) is 7.66. The molecular weight excluding hydrogens is 351 g/mol. The Kier molecular flexibility index (Phi) is 4.46. The normalized spacial score (nSPS) is 11.6. The maximum absolute atomic E-state index is 13.1. The molecule has 3 rings (SSSR count). The molecule has 3 N–H and O–H groups in total.